The van der Waals surface area contributed by atoms with Gasteiger partial charge in [0.2, 0.25) is 5.91 Å². The predicted molar refractivity (Wildman–Crippen MR) is 114 cm³/mol. The molecule has 1 fully saturated rings. The van der Waals surface area contributed by atoms with Crippen LogP contribution in [0.2, 0.25) is 0 Å². The Hall–Kier alpha value is -2.94. The first-order chi connectivity index (χ1) is 14.4. The van der Waals surface area contributed by atoms with Crippen molar-refractivity contribution in [3.05, 3.63) is 68.4 Å². The van der Waals surface area contributed by atoms with Crippen LogP contribution in [0.15, 0.2) is 29.1 Å². The Bertz CT molecular complexity index is 1010. The lowest BCUT2D eigenvalue weighted by molar-refractivity contribution is -0.121. The first-order valence-corrected chi connectivity index (χ1v) is 10.5. The van der Waals surface area contributed by atoms with Crippen LogP contribution in [0.1, 0.15) is 66.5 Å². The van der Waals surface area contributed by atoms with Crippen molar-refractivity contribution < 1.29 is 9.18 Å². The number of aromatic amines is 1. The number of hydrogen-bond donors (Lipinski definition) is 2. The average molecular weight is 410 g/mol. The summed E-state index contributed by atoms with van der Waals surface area (Å²) in [5, 5.41) is 12.3. The lowest BCUT2D eigenvalue weighted by atomic mass is 9.69. The van der Waals surface area contributed by atoms with Gasteiger partial charge >= 0.3 is 0 Å². The molecule has 2 N–H and O–H groups in total. The molecule has 30 heavy (non-hydrogen) atoms. The monoisotopic (exact) mass is 409 g/mol. The van der Waals surface area contributed by atoms with Crippen LogP contribution in [0.3, 0.4) is 0 Å². The Balaban J connectivity index is 1.68. The molecule has 1 heterocycles. The zero-order chi connectivity index (χ0) is 21.7. The summed E-state index contributed by atoms with van der Waals surface area (Å²) in [5.74, 6) is -0.317. The van der Waals surface area contributed by atoms with Crippen LogP contribution in [0.25, 0.3) is 0 Å². The molecule has 1 aliphatic rings. The minimum Gasteiger partial charge on any atom is -0.355 e. The quantitative estimate of drug-likeness (QED) is 0.757. The van der Waals surface area contributed by atoms with E-state index >= 15 is 0 Å². The van der Waals surface area contributed by atoms with E-state index < -0.39 is 0 Å². The maximum Gasteiger partial charge on any atom is 0.266 e. The van der Waals surface area contributed by atoms with E-state index in [2.05, 4.69) is 10.3 Å². The van der Waals surface area contributed by atoms with Crippen molar-refractivity contribution in [3.8, 4) is 6.07 Å². The number of rotatable bonds is 6. The standard InChI is InChI=1S/C24H28FN3O2/c1-16-20(17(2)28-23(30)21(16)14-26)10-11-22(29)27-15-24(12-4-3-5-13-24)18-6-8-19(25)9-7-18/h6-9H,3-5,10-13,15H2,1-2H3,(H,27,29)(H,28,30). The lowest BCUT2D eigenvalue weighted by Gasteiger charge is -2.38. The summed E-state index contributed by atoms with van der Waals surface area (Å²) in [6.07, 6.45) is 6.06. The maximum absolute atomic E-state index is 13.4. The summed E-state index contributed by atoms with van der Waals surface area (Å²) < 4.78 is 13.4. The summed E-state index contributed by atoms with van der Waals surface area (Å²) in [6.45, 7) is 4.07. The number of aryl methyl sites for hydroxylation is 1. The molecule has 1 amide bonds. The van der Waals surface area contributed by atoms with E-state index in [4.69, 9.17) is 0 Å². The SMILES string of the molecule is Cc1[nH]c(=O)c(C#N)c(C)c1CCC(=O)NCC1(c2ccc(F)cc2)CCCCC1. The number of aromatic nitrogens is 1. The summed E-state index contributed by atoms with van der Waals surface area (Å²) in [4.78, 5) is 27.2. The first-order valence-electron chi connectivity index (χ1n) is 10.5. The highest BCUT2D eigenvalue weighted by molar-refractivity contribution is 5.76. The molecule has 0 aliphatic heterocycles. The highest BCUT2D eigenvalue weighted by atomic mass is 19.1. The Morgan fingerprint density at radius 1 is 1.20 bits per heavy atom. The second kappa shape index (κ2) is 9.25. The Labute approximate surface area is 176 Å². The summed E-state index contributed by atoms with van der Waals surface area (Å²) in [5.41, 5.74) is 2.81. The zero-order valence-corrected chi connectivity index (χ0v) is 17.6. The molecule has 0 spiro atoms. The predicted octanol–water partition coefficient (Wildman–Crippen LogP) is 3.95. The lowest BCUT2D eigenvalue weighted by Crippen LogP contribution is -2.42. The van der Waals surface area contributed by atoms with Gasteiger partial charge in [0.1, 0.15) is 17.4 Å². The number of nitrogens with one attached hydrogen (secondary N) is 2. The third kappa shape index (κ3) is 4.62. The first kappa shape index (κ1) is 21.8. The molecule has 0 unspecified atom stereocenters. The third-order valence-corrected chi connectivity index (χ3v) is 6.41. The van der Waals surface area contributed by atoms with E-state index in [9.17, 15) is 19.2 Å². The fourth-order valence-electron chi connectivity index (χ4n) is 4.61. The number of pyridine rings is 1. The highest BCUT2D eigenvalue weighted by Crippen LogP contribution is 2.39. The number of carbonyl (C=O) groups excluding carboxylic acids is 1. The van der Waals surface area contributed by atoms with Gasteiger partial charge in [-0.2, -0.15) is 5.26 Å². The van der Waals surface area contributed by atoms with Crippen LogP contribution in [0, 0.1) is 31.0 Å². The second-order valence-electron chi connectivity index (χ2n) is 8.29. The molecule has 3 rings (SSSR count). The topological polar surface area (TPSA) is 85.8 Å². The molecule has 1 saturated carbocycles. The van der Waals surface area contributed by atoms with E-state index in [-0.39, 0.29) is 34.7 Å². The number of amides is 1. The number of halogens is 1. The van der Waals surface area contributed by atoms with E-state index in [1.54, 1.807) is 13.8 Å². The van der Waals surface area contributed by atoms with Gasteiger partial charge in [-0.1, -0.05) is 31.4 Å². The van der Waals surface area contributed by atoms with Crippen molar-refractivity contribution in [2.75, 3.05) is 6.54 Å². The van der Waals surface area contributed by atoms with Crippen LogP contribution >= 0.6 is 0 Å². The van der Waals surface area contributed by atoms with Gasteiger partial charge in [0.25, 0.3) is 5.56 Å². The molecule has 0 bridgehead atoms. The number of carbonyl (C=O) groups is 1. The summed E-state index contributed by atoms with van der Waals surface area (Å²) in [7, 11) is 0. The minimum atomic E-state index is -0.390. The molecule has 1 aliphatic carbocycles. The fraction of sp³-hybridized carbons (Fsp3) is 0.458. The average Bonchev–Trinajstić information content (AvgIpc) is 2.73. The van der Waals surface area contributed by atoms with E-state index in [1.807, 2.05) is 18.2 Å². The minimum absolute atomic E-state index is 0.0643. The fourth-order valence-corrected chi connectivity index (χ4v) is 4.61. The van der Waals surface area contributed by atoms with Crippen LogP contribution < -0.4 is 10.9 Å². The molecular formula is C24H28FN3O2. The Morgan fingerprint density at radius 3 is 2.50 bits per heavy atom. The Kier molecular flexibility index (Phi) is 6.71. The molecule has 158 valence electrons. The normalized spacial score (nSPS) is 15.4. The second-order valence-corrected chi connectivity index (χ2v) is 8.29. The van der Waals surface area contributed by atoms with Gasteiger partial charge in [0.05, 0.1) is 0 Å². The number of nitrogens with zero attached hydrogens (tertiary/aromatic N) is 1. The number of H-pyrrole nitrogens is 1. The van der Waals surface area contributed by atoms with E-state index in [0.717, 1.165) is 36.8 Å². The number of nitriles is 1. The molecule has 6 heteroatoms. The third-order valence-electron chi connectivity index (χ3n) is 6.41. The van der Waals surface area contributed by atoms with Gasteiger partial charge in [-0.15, -0.1) is 0 Å². The summed E-state index contributed by atoms with van der Waals surface area (Å²) in [6, 6.07) is 8.59. The van der Waals surface area contributed by atoms with Gasteiger partial charge in [-0.3, -0.25) is 9.59 Å². The zero-order valence-electron chi connectivity index (χ0n) is 17.6. The van der Waals surface area contributed by atoms with Crippen molar-refractivity contribution >= 4 is 5.91 Å². The van der Waals surface area contributed by atoms with Gasteiger partial charge in [0, 0.05) is 24.1 Å². The van der Waals surface area contributed by atoms with Crippen LogP contribution in [0.4, 0.5) is 4.39 Å². The highest BCUT2D eigenvalue weighted by Gasteiger charge is 2.34. The van der Waals surface area contributed by atoms with Gasteiger partial charge in [-0.05, 0) is 61.9 Å². The molecule has 1 aromatic heterocycles. The van der Waals surface area contributed by atoms with Crippen LogP contribution in [-0.4, -0.2) is 17.4 Å². The molecule has 1 aromatic carbocycles. The molecule has 0 radical (unpaired) electrons. The van der Waals surface area contributed by atoms with Crippen LogP contribution in [-0.2, 0) is 16.6 Å². The molecule has 0 saturated heterocycles. The van der Waals surface area contributed by atoms with Crippen molar-refractivity contribution in [2.24, 2.45) is 0 Å². The van der Waals surface area contributed by atoms with Crippen molar-refractivity contribution in [1.82, 2.24) is 10.3 Å². The Morgan fingerprint density at radius 2 is 1.87 bits per heavy atom. The maximum atomic E-state index is 13.4. The summed E-state index contributed by atoms with van der Waals surface area (Å²) >= 11 is 0. The van der Waals surface area contributed by atoms with E-state index in [0.29, 0.717) is 24.2 Å². The number of benzene rings is 1. The smallest absolute Gasteiger partial charge is 0.266 e. The molecule has 2 aromatic rings. The molecule has 0 atom stereocenters. The van der Waals surface area contributed by atoms with Crippen molar-refractivity contribution in [1.29, 1.82) is 5.26 Å². The van der Waals surface area contributed by atoms with Crippen LogP contribution in [0.5, 0.6) is 0 Å². The van der Waals surface area contributed by atoms with Crippen molar-refractivity contribution in [2.45, 2.75) is 64.2 Å². The largest absolute Gasteiger partial charge is 0.355 e. The van der Waals surface area contributed by atoms with Gasteiger partial charge in [-0.25, -0.2) is 4.39 Å². The molecular weight excluding hydrogens is 381 g/mol. The number of hydrogen-bond acceptors (Lipinski definition) is 3. The van der Waals surface area contributed by atoms with Gasteiger partial charge < -0.3 is 10.3 Å². The van der Waals surface area contributed by atoms with Gasteiger partial charge in [0.15, 0.2) is 0 Å². The van der Waals surface area contributed by atoms with Crippen molar-refractivity contribution in [3.63, 3.8) is 0 Å². The van der Waals surface area contributed by atoms with E-state index in [1.165, 1.54) is 18.6 Å². The molecule has 5 nitrogen and oxygen atoms in total.